The van der Waals surface area contributed by atoms with Gasteiger partial charge in [-0.15, -0.1) is 0 Å². The molecule has 0 radical (unpaired) electrons. The summed E-state index contributed by atoms with van der Waals surface area (Å²) >= 11 is 0. The fourth-order valence-corrected chi connectivity index (χ4v) is 3.47. The minimum atomic E-state index is -0.906. The Bertz CT molecular complexity index is 1010. The summed E-state index contributed by atoms with van der Waals surface area (Å²) in [5.41, 5.74) is 3.70. The molecule has 0 fully saturated rings. The van der Waals surface area contributed by atoms with Gasteiger partial charge in [-0.25, -0.2) is 0 Å². The van der Waals surface area contributed by atoms with E-state index in [2.05, 4.69) is 10.3 Å². The normalized spacial score (nSPS) is 11.9. The Morgan fingerprint density at radius 2 is 1.36 bits per heavy atom. The Morgan fingerprint density at radius 3 is 1.93 bits per heavy atom. The molecule has 1 unspecified atom stereocenters. The van der Waals surface area contributed by atoms with E-state index in [-0.39, 0.29) is 11.5 Å². The smallest absolute Gasteiger partial charge is 0.325 e. The molecular weight excluding hydrogens is 352 g/mol. The molecular formula is C23H22N2O3. The van der Waals surface area contributed by atoms with Crippen LogP contribution in [-0.4, -0.2) is 21.5 Å². The second-order valence-corrected chi connectivity index (χ2v) is 6.48. The van der Waals surface area contributed by atoms with Crippen LogP contribution in [0.5, 0.6) is 0 Å². The predicted octanol–water partition coefficient (Wildman–Crippen LogP) is 3.85. The molecule has 0 aliphatic rings. The number of aromatic nitrogens is 1. The van der Waals surface area contributed by atoms with Crippen molar-refractivity contribution in [2.75, 3.05) is 0 Å². The first-order valence-corrected chi connectivity index (χ1v) is 8.89. The van der Waals surface area contributed by atoms with Gasteiger partial charge < -0.3 is 15.6 Å². The number of benzene rings is 3. The van der Waals surface area contributed by atoms with E-state index in [1.165, 1.54) is 0 Å². The van der Waals surface area contributed by atoms with E-state index in [4.69, 9.17) is 0 Å². The lowest BCUT2D eigenvalue weighted by Crippen LogP contribution is -2.32. The van der Waals surface area contributed by atoms with Gasteiger partial charge in [0.25, 0.3) is 0 Å². The van der Waals surface area contributed by atoms with Gasteiger partial charge in [0.05, 0.1) is 6.04 Å². The molecule has 0 saturated carbocycles. The Balaban J connectivity index is 0.00000225. The first-order chi connectivity index (χ1) is 13.2. The lowest BCUT2D eigenvalue weighted by atomic mass is 9.96. The highest BCUT2D eigenvalue weighted by Crippen LogP contribution is 2.29. The van der Waals surface area contributed by atoms with E-state index >= 15 is 0 Å². The average molecular weight is 374 g/mol. The second-order valence-electron chi connectivity index (χ2n) is 6.48. The van der Waals surface area contributed by atoms with Crippen LogP contribution >= 0.6 is 0 Å². The zero-order valence-electron chi connectivity index (χ0n) is 15.2. The molecule has 28 heavy (non-hydrogen) atoms. The first-order valence-electron chi connectivity index (χ1n) is 8.89. The van der Waals surface area contributed by atoms with Crippen LogP contribution in [-0.2, 0) is 4.79 Å². The molecule has 1 heterocycles. The highest BCUT2D eigenvalue weighted by Gasteiger charge is 2.27. The van der Waals surface area contributed by atoms with E-state index in [0.717, 1.165) is 27.6 Å². The summed E-state index contributed by atoms with van der Waals surface area (Å²) in [6.07, 6.45) is 1.78. The summed E-state index contributed by atoms with van der Waals surface area (Å²) in [5.74, 6) is -0.906. The van der Waals surface area contributed by atoms with Crippen molar-refractivity contribution in [3.05, 3.63) is 108 Å². The molecule has 142 valence electrons. The van der Waals surface area contributed by atoms with Gasteiger partial charge in [0.2, 0.25) is 0 Å². The third-order valence-electron chi connectivity index (χ3n) is 4.78. The van der Waals surface area contributed by atoms with Gasteiger partial charge in [-0.3, -0.25) is 10.1 Å². The molecule has 5 N–H and O–H groups in total. The van der Waals surface area contributed by atoms with Crippen LogP contribution in [0, 0.1) is 0 Å². The molecule has 4 rings (SSSR count). The number of fused-ring (bicyclic) bond motifs is 1. The number of H-pyrrole nitrogens is 1. The van der Waals surface area contributed by atoms with Crippen molar-refractivity contribution in [3.8, 4) is 0 Å². The molecule has 5 heteroatoms. The second kappa shape index (κ2) is 8.52. The topological polar surface area (TPSA) is 96.6 Å². The lowest BCUT2D eigenvalue weighted by Gasteiger charge is -2.24. The summed E-state index contributed by atoms with van der Waals surface area (Å²) in [4.78, 5) is 15.3. The molecule has 5 nitrogen and oxygen atoms in total. The number of carbonyl (C=O) groups is 1. The van der Waals surface area contributed by atoms with Crippen LogP contribution in [0.1, 0.15) is 28.8 Å². The van der Waals surface area contributed by atoms with Gasteiger partial charge in [0.15, 0.2) is 0 Å². The third-order valence-corrected chi connectivity index (χ3v) is 4.78. The van der Waals surface area contributed by atoms with Crippen LogP contribution < -0.4 is 5.32 Å². The Labute approximate surface area is 163 Å². The fraction of sp³-hybridized carbons (Fsp3) is 0.0870. The van der Waals surface area contributed by atoms with Crippen LogP contribution in [0.3, 0.4) is 0 Å². The maximum atomic E-state index is 12.2. The number of hydrogen-bond donors (Lipinski definition) is 3. The predicted molar refractivity (Wildman–Crippen MR) is 110 cm³/mol. The number of rotatable bonds is 6. The molecule has 0 spiro atoms. The first kappa shape index (κ1) is 19.4. The van der Waals surface area contributed by atoms with Crippen molar-refractivity contribution >= 4 is 16.9 Å². The summed E-state index contributed by atoms with van der Waals surface area (Å²) in [5, 5.41) is 14.2. The highest BCUT2D eigenvalue weighted by atomic mass is 16.4. The van der Waals surface area contributed by atoms with Gasteiger partial charge in [-0.1, -0.05) is 78.9 Å². The zero-order valence-corrected chi connectivity index (χ0v) is 15.2. The summed E-state index contributed by atoms with van der Waals surface area (Å²) in [7, 11) is 0. The molecule has 1 aromatic heterocycles. The van der Waals surface area contributed by atoms with Crippen LogP contribution in [0.4, 0.5) is 0 Å². The van der Waals surface area contributed by atoms with Crippen LogP contribution in [0.2, 0.25) is 0 Å². The van der Waals surface area contributed by atoms with Crippen molar-refractivity contribution in [2.45, 2.75) is 12.1 Å². The van der Waals surface area contributed by atoms with Gasteiger partial charge in [0.1, 0.15) is 6.04 Å². The number of hydrogen-bond acceptors (Lipinski definition) is 2. The van der Waals surface area contributed by atoms with E-state index in [0.29, 0.717) is 0 Å². The molecule has 4 aromatic rings. The van der Waals surface area contributed by atoms with Gasteiger partial charge in [-0.05, 0) is 17.2 Å². The SMILES string of the molecule is O.O=C(O)C(NC(c1ccccc1)c1ccccc1)c1c[nH]c2ccccc12. The van der Waals surface area contributed by atoms with E-state index in [9.17, 15) is 9.90 Å². The number of carboxylic acids is 1. The maximum Gasteiger partial charge on any atom is 0.325 e. The molecule has 0 aliphatic heterocycles. The third kappa shape index (κ3) is 3.81. The largest absolute Gasteiger partial charge is 0.480 e. The quantitative estimate of drug-likeness (QED) is 0.478. The van der Waals surface area contributed by atoms with Crippen molar-refractivity contribution in [1.82, 2.24) is 10.3 Å². The minimum Gasteiger partial charge on any atom is -0.480 e. The Morgan fingerprint density at radius 1 is 0.821 bits per heavy atom. The van der Waals surface area contributed by atoms with Crippen LogP contribution in [0.25, 0.3) is 10.9 Å². The number of aromatic amines is 1. The number of para-hydroxylation sites is 1. The van der Waals surface area contributed by atoms with Crippen molar-refractivity contribution in [2.24, 2.45) is 0 Å². The van der Waals surface area contributed by atoms with Crippen molar-refractivity contribution in [3.63, 3.8) is 0 Å². The zero-order chi connectivity index (χ0) is 18.6. The lowest BCUT2D eigenvalue weighted by molar-refractivity contribution is -0.139. The van der Waals surface area contributed by atoms with E-state index in [1.54, 1.807) is 6.20 Å². The number of nitrogens with one attached hydrogen (secondary N) is 2. The van der Waals surface area contributed by atoms with Gasteiger partial charge in [0, 0.05) is 22.7 Å². The maximum absolute atomic E-state index is 12.2. The van der Waals surface area contributed by atoms with E-state index in [1.807, 2.05) is 84.9 Å². The number of carboxylic acid groups (broad SMARTS) is 1. The fourth-order valence-electron chi connectivity index (χ4n) is 3.47. The molecule has 1 atom stereocenters. The van der Waals surface area contributed by atoms with Gasteiger partial charge >= 0.3 is 5.97 Å². The standard InChI is InChI=1S/C23H20N2O2.H2O/c26-23(27)22(19-15-24-20-14-8-7-13-18(19)20)25-21(16-9-3-1-4-10-16)17-11-5-2-6-12-17;/h1-15,21-22,24-25H,(H,26,27);1H2. The van der Waals surface area contributed by atoms with E-state index < -0.39 is 12.0 Å². The highest BCUT2D eigenvalue weighted by molar-refractivity contribution is 5.89. The molecule has 3 aromatic carbocycles. The Kier molecular flexibility index (Phi) is 5.89. The van der Waals surface area contributed by atoms with Crippen molar-refractivity contribution < 1.29 is 15.4 Å². The molecule has 0 amide bonds. The van der Waals surface area contributed by atoms with Gasteiger partial charge in [-0.2, -0.15) is 0 Å². The monoisotopic (exact) mass is 374 g/mol. The molecule has 0 saturated heterocycles. The summed E-state index contributed by atoms with van der Waals surface area (Å²) < 4.78 is 0. The Hall–Kier alpha value is -3.41. The summed E-state index contributed by atoms with van der Waals surface area (Å²) in [6, 6.07) is 26.5. The molecule has 0 aliphatic carbocycles. The average Bonchev–Trinajstić information content (AvgIpc) is 3.14. The minimum absolute atomic E-state index is 0. The van der Waals surface area contributed by atoms with Crippen molar-refractivity contribution in [1.29, 1.82) is 0 Å². The van der Waals surface area contributed by atoms with Crippen LogP contribution in [0.15, 0.2) is 91.1 Å². The molecule has 0 bridgehead atoms. The number of aliphatic carboxylic acids is 1. The summed E-state index contributed by atoms with van der Waals surface area (Å²) in [6.45, 7) is 0.